The zero-order valence-corrected chi connectivity index (χ0v) is 19.2. The van der Waals surface area contributed by atoms with E-state index in [0.717, 1.165) is 28.9 Å². The summed E-state index contributed by atoms with van der Waals surface area (Å²) in [6, 6.07) is 21.1. The number of amides is 1. The molecule has 1 heterocycles. The van der Waals surface area contributed by atoms with E-state index in [2.05, 4.69) is 18.3 Å². The Morgan fingerprint density at radius 1 is 1.00 bits per heavy atom. The van der Waals surface area contributed by atoms with Crippen LogP contribution in [0.3, 0.4) is 0 Å². The number of benzene rings is 3. The third-order valence-corrected chi connectivity index (χ3v) is 6.13. The molecule has 4 aromatic rings. The minimum absolute atomic E-state index is 0.140. The van der Waals surface area contributed by atoms with Crippen molar-refractivity contribution in [2.45, 2.75) is 32.3 Å². The fraction of sp³-hybridized carbons (Fsp3) is 0.192. The van der Waals surface area contributed by atoms with Crippen molar-refractivity contribution >= 4 is 34.3 Å². The first-order valence-corrected chi connectivity index (χ1v) is 11.5. The second-order valence-corrected chi connectivity index (χ2v) is 8.73. The maximum absolute atomic E-state index is 13.4. The van der Waals surface area contributed by atoms with Gasteiger partial charge in [-0.05, 0) is 73.4 Å². The van der Waals surface area contributed by atoms with Gasteiger partial charge in [-0.1, -0.05) is 49.0 Å². The Hall–Kier alpha value is -3.38. The fourth-order valence-corrected chi connectivity index (χ4v) is 4.48. The molecule has 6 heteroatoms. The van der Waals surface area contributed by atoms with E-state index < -0.39 is 0 Å². The van der Waals surface area contributed by atoms with E-state index in [9.17, 15) is 9.59 Å². The largest absolute Gasteiger partial charge is 0.325 e. The molecule has 0 aliphatic carbocycles. The van der Waals surface area contributed by atoms with Crippen LogP contribution in [0.4, 0.5) is 5.69 Å². The van der Waals surface area contributed by atoms with Gasteiger partial charge < -0.3 is 5.32 Å². The predicted octanol–water partition coefficient (Wildman–Crippen LogP) is 5.30. The number of carbonyl (C=O) groups excluding carboxylic acids is 1. The summed E-state index contributed by atoms with van der Waals surface area (Å²) in [6.07, 6.45) is 0.952. The lowest BCUT2D eigenvalue weighted by molar-refractivity contribution is -0.113. The van der Waals surface area contributed by atoms with Crippen LogP contribution in [0.1, 0.15) is 23.6 Å². The van der Waals surface area contributed by atoms with Gasteiger partial charge in [0.05, 0.1) is 22.3 Å². The Balaban J connectivity index is 1.66. The second kappa shape index (κ2) is 9.40. The van der Waals surface area contributed by atoms with Gasteiger partial charge in [-0.15, -0.1) is 0 Å². The molecule has 5 nitrogen and oxygen atoms in total. The Kier molecular flexibility index (Phi) is 6.42. The van der Waals surface area contributed by atoms with Crippen molar-refractivity contribution in [3.05, 3.63) is 93.8 Å². The molecule has 0 fully saturated rings. The summed E-state index contributed by atoms with van der Waals surface area (Å²) in [5, 5.41) is 3.97. The monoisotopic (exact) mass is 443 g/mol. The SMILES string of the molecule is CCc1ccc(NC(=O)CSc2nc3ccccc3c(=O)n2-c2cc(C)cc(C)c2)cc1. The number of aryl methyl sites for hydroxylation is 3. The van der Waals surface area contributed by atoms with E-state index in [4.69, 9.17) is 4.98 Å². The Labute approximate surface area is 191 Å². The number of aromatic nitrogens is 2. The minimum Gasteiger partial charge on any atom is -0.325 e. The molecule has 0 saturated heterocycles. The maximum atomic E-state index is 13.4. The molecule has 0 aliphatic rings. The molecule has 1 aromatic heterocycles. The maximum Gasteiger partial charge on any atom is 0.266 e. The summed E-state index contributed by atoms with van der Waals surface area (Å²) in [5.41, 5.74) is 5.33. The Morgan fingerprint density at radius 2 is 1.69 bits per heavy atom. The normalized spacial score (nSPS) is 11.0. The summed E-state index contributed by atoms with van der Waals surface area (Å²) in [7, 11) is 0. The minimum atomic E-state index is -0.145. The lowest BCUT2D eigenvalue weighted by atomic mass is 10.1. The highest BCUT2D eigenvalue weighted by atomic mass is 32.2. The van der Waals surface area contributed by atoms with Gasteiger partial charge >= 0.3 is 0 Å². The number of para-hydroxylation sites is 1. The van der Waals surface area contributed by atoms with E-state index in [1.807, 2.05) is 68.4 Å². The molecule has 0 atom stereocenters. The van der Waals surface area contributed by atoms with Crippen molar-refractivity contribution in [2.24, 2.45) is 0 Å². The molecule has 0 bridgehead atoms. The number of rotatable bonds is 6. The van der Waals surface area contributed by atoms with Crippen LogP contribution in [0.5, 0.6) is 0 Å². The first-order valence-electron chi connectivity index (χ1n) is 10.6. The highest BCUT2D eigenvalue weighted by molar-refractivity contribution is 7.99. The van der Waals surface area contributed by atoms with Crippen LogP contribution in [0.2, 0.25) is 0 Å². The fourth-order valence-electron chi connectivity index (χ4n) is 3.67. The zero-order chi connectivity index (χ0) is 22.7. The molecule has 32 heavy (non-hydrogen) atoms. The molecular weight excluding hydrogens is 418 g/mol. The Bertz CT molecular complexity index is 1320. The molecule has 4 rings (SSSR count). The van der Waals surface area contributed by atoms with Crippen molar-refractivity contribution in [3.63, 3.8) is 0 Å². The molecule has 0 spiro atoms. The van der Waals surface area contributed by atoms with Crippen molar-refractivity contribution < 1.29 is 4.79 Å². The average molecular weight is 444 g/mol. The number of nitrogens with one attached hydrogen (secondary N) is 1. The van der Waals surface area contributed by atoms with Crippen LogP contribution in [-0.2, 0) is 11.2 Å². The number of nitrogens with zero attached hydrogens (tertiary/aromatic N) is 2. The highest BCUT2D eigenvalue weighted by Gasteiger charge is 2.15. The van der Waals surface area contributed by atoms with Crippen LogP contribution >= 0.6 is 11.8 Å². The lowest BCUT2D eigenvalue weighted by Gasteiger charge is -2.14. The van der Waals surface area contributed by atoms with Crippen molar-refractivity contribution in [3.8, 4) is 5.69 Å². The number of anilines is 1. The van der Waals surface area contributed by atoms with E-state index in [1.54, 1.807) is 10.6 Å². The standard InChI is InChI=1S/C26H25N3O2S/c1-4-19-9-11-20(12-10-19)27-24(30)16-32-26-28-23-8-6-5-7-22(23)25(31)29(26)21-14-17(2)13-18(3)15-21/h5-15H,4,16H2,1-3H3,(H,27,30). The molecule has 162 valence electrons. The molecule has 0 saturated carbocycles. The number of thioether (sulfide) groups is 1. The molecule has 0 radical (unpaired) electrons. The molecular formula is C26H25N3O2S. The predicted molar refractivity (Wildman–Crippen MR) is 132 cm³/mol. The number of hydrogen-bond donors (Lipinski definition) is 1. The second-order valence-electron chi connectivity index (χ2n) is 7.79. The van der Waals surface area contributed by atoms with Crippen LogP contribution in [0, 0.1) is 13.8 Å². The van der Waals surface area contributed by atoms with Gasteiger partial charge in [-0.25, -0.2) is 4.98 Å². The third-order valence-electron chi connectivity index (χ3n) is 5.19. The smallest absolute Gasteiger partial charge is 0.266 e. The molecule has 3 aromatic carbocycles. The van der Waals surface area contributed by atoms with Crippen LogP contribution in [-0.4, -0.2) is 21.2 Å². The van der Waals surface area contributed by atoms with E-state index in [0.29, 0.717) is 16.1 Å². The summed E-state index contributed by atoms with van der Waals surface area (Å²) in [4.78, 5) is 30.7. The first kappa shape index (κ1) is 21.8. The summed E-state index contributed by atoms with van der Waals surface area (Å²) >= 11 is 1.26. The van der Waals surface area contributed by atoms with Gasteiger partial charge in [0.25, 0.3) is 5.56 Å². The van der Waals surface area contributed by atoms with Crippen molar-refractivity contribution in [1.82, 2.24) is 9.55 Å². The van der Waals surface area contributed by atoms with Gasteiger partial charge in [0.15, 0.2) is 5.16 Å². The van der Waals surface area contributed by atoms with Crippen LogP contribution in [0.25, 0.3) is 16.6 Å². The first-order chi connectivity index (χ1) is 15.4. The zero-order valence-electron chi connectivity index (χ0n) is 18.4. The third kappa shape index (κ3) is 4.75. The summed E-state index contributed by atoms with van der Waals surface area (Å²) in [6.45, 7) is 6.09. The van der Waals surface area contributed by atoms with Gasteiger partial charge in [-0.2, -0.15) is 0 Å². The molecule has 1 amide bonds. The van der Waals surface area contributed by atoms with E-state index in [1.165, 1.54) is 17.3 Å². The van der Waals surface area contributed by atoms with Crippen molar-refractivity contribution in [1.29, 1.82) is 0 Å². The Morgan fingerprint density at radius 3 is 2.38 bits per heavy atom. The van der Waals surface area contributed by atoms with Crippen LogP contribution in [0.15, 0.2) is 76.7 Å². The molecule has 0 unspecified atom stereocenters. The summed E-state index contributed by atoms with van der Waals surface area (Å²) in [5.74, 6) is -0.000832. The molecule has 1 N–H and O–H groups in total. The molecule has 0 aliphatic heterocycles. The van der Waals surface area contributed by atoms with E-state index >= 15 is 0 Å². The van der Waals surface area contributed by atoms with Gasteiger partial charge in [0.2, 0.25) is 5.91 Å². The van der Waals surface area contributed by atoms with E-state index in [-0.39, 0.29) is 17.2 Å². The van der Waals surface area contributed by atoms with Crippen molar-refractivity contribution in [2.75, 3.05) is 11.1 Å². The van der Waals surface area contributed by atoms with Gasteiger partial charge in [0, 0.05) is 5.69 Å². The van der Waals surface area contributed by atoms with Gasteiger partial charge in [-0.3, -0.25) is 14.2 Å². The van der Waals surface area contributed by atoms with Gasteiger partial charge in [0.1, 0.15) is 0 Å². The number of carbonyl (C=O) groups is 1. The lowest BCUT2D eigenvalue weighted by Crippen LogP contribution is -2.23. The number of hydrogen-bond acceptors (Lipinski definition) is 4. The quantitative estimate of drug-likeness (QED) is 0.325. The average Bonchev–Trinajstić information content (AvgIpc) is 2.77. The van der Waals surface area contributed by atoms with Crippen LogP contribution < -0.4 is 10.9 Å². The highest BCUT2D eigenvalue weighted by Crippen LogP contribution is 2.23. The summed E-state index contributed by atoms with van der Waals surface area (Å²) < 4.78 is 1.61. The topological polar surface area (TPSA) is 64.0 Å². The number of fused-ring (bicyclic) bond motifs is 1.